The number of hydrogen-bond acceptors (Lipinski definition) is 7. The molecule has 8 heteroatoms. The van der Waals surface area contributed by atoms with Gasteiger partial charge in [0.05, 0.1) is 29.2 Å². The van der Waals surface area contributed by atoms with Gasteiger partial charge < -0.3 is 14.5 Å². The van der Waals surface area contributed by atoms with Crippen LogP contribution in [-0.4, -0.2) is 65.4 Å². The summed E-state index contributed by atoms with van der Waals surface area (Å²) in [6.45, 7) is 5.88. The smallest absolute Gasteiger partial charge is 0.248 e. The highest BCUT2D eigenvalue weighted by atomic mass is 16.5. The van der Waals surface area contributed by atoms with Crippen molar-refractivity contribution in [2.24, 2.45) is 5.92 Å². The van der Waals surface area contributed by atoms with Gasteiger partial charge in [0.15, 0.2) is 0 Å². The molecule has 8 nitrogen and oxygen atoms in total. The Morgan fingerprint density at radius 3 is 2.79 bits per heavy atom. The maximum absolute atomic E-state index is 12.6. The van der Waals surface area contributed by atoms with Gasteiger partial charge in [-0.3, -0.25) is 4.79 Å². The Bertz CT molecular complexity index is 1120. The zero-order valence-corrected chi connectivity index (χ0v) is 18.9. The van der Waals surface area contributed by atoms with E-state index in [1.54, 1.807) is 19.4 Å². The summed E-state index contributed by atoms with van der Waals surface area (Å²) in [4.78, 5) is 21.8. The molecule has 170 valence electrons. The molecule has 3 aliphatic rings. The Morgan fingerprint density at radius 2 is 2.12 bits per heavy atom. The predicted octanol–water partition coefficient (Wildman–Crippen LogP) is 3.00. The number of amides is 1. The maximum Gasteiger partial charge on any atom is 0.248 e. The molecule has 2 aromatic heterocycles. The SMILES string of the molecule is C=Cc1cnnc(-c2cc(C#N)c(N3CCN(C(=O)COC)[C@H](C4CC4)C3)nc2C2CC2)c1. The molecule has 0 aromatic carbocycles. The lowest BCUT2D eigenvalue weighted by Gasteiger charge is -2.42. The third-order valence-electron chi connectivity index (χ3n) is 6.78. The van der Waals surface area contributed by atoms with Crippen LogP contribution >= 0.6 is 0 Å². The zero-order chi connectivity index (χ0) is 22.9. The first-order valence-electron chi connectivity index (χ1n) is 11.6. The van der Waals surface area contributed by atoms with E-state index in [0.717, 1.165) is 54.0 Å². The molecule has 1 saturated heterocycles. The van der Waals surface area contributed by atoms with Crippen molar-refractivity contribution in [2.75, 3.05) is 38.3 Å². The Balaban J connectivity index is 1.50. The highest BCUT2D eigenvalue weighted by molar-refractivity contribution is 5.78. The quantitative estimate of drug-likeness (QED) is 0.648. The molecule has 5 rings (SSSR count). The van der Waals surface area contributed by atoms with Crippen molar-refractivity contribution >= 4 is 17.8 Å². The number of ether oxygens (including phenoxy) is 1. The number of nitriles is 1. The number of carbonyl (C=O) groups excluding carboxylic acids is 1. The Labute approximate surface area is 193 Å². The number of piperazine rings is 1. The fourth-order valence-electron chi connectivity index (χ4n) is 4.74. The minimum atomic E-state index is 0.0391. The fraction of sp³-hybridized carbons (Fsp3) is 0.480. The van der Waals surface area contributed by atoms with E-state index in [4.69, 9.17) is 9.72 Å². The number of methoxy groups -OCH3 is 1. The molecule has 0 bridgehead atoms. The van der Waals surface area contributed by atoms with Gasteiger partial charge in [0, 0.05) is 38.2 Å². The van der Waals surface area contributed by atoms with Gasteiger partial charge in [-0.2, -0.15) is 15.5 Å². The summed E-state index contributed by atoms with van der Waals surface area (Å²) in [5, 5.41) is 18.4. The van der Waals surface area contributed by atoms with Gasteiger partial charge in [0.2, 0.25) is 5.91 Å². The second kappa shape index (κ2) is 8.91. The topological polar surface area (TPSA) is 95.2 Å². The molecule has 1 atom stereocenters. The van der Waals surface area contributed by atoms with Crippen LogP contribution in [0.5, 0.6) is 0 Å². The van der Waals surface area contributed by atoms with Gasteiger partial charge in [0.1, 0.15) is 18.5 Å². The molecule has 1 amide bonds. The lowest BCUT2D eigenvalue weighted by atomic mass is 10.0. The molecule has 2 aromatic rings. The number of rotatable bonds is 7. The molecule has 0 spiro atoms. The third-order valence-corrected chi connectivity index (χ3v) is 6.78. The molecule has 0 N–H and O–H groups in total. The van der Waals surface area contributed by atoms with Crippen molar-refractivity contribution in [3.8, 4) is 17.3 Å². The molecule has 2 aliphatic carbocycles. The molecule has 3 heterocycles. The van der Waals surface area contributed by atoms with E-state index in [1.165, 1.54) is 0 Å². The van der Waals surface area contributed by atoms with Crippen LogP contribution < -0.4 is 4.90 Å². The van der Waals surface area contributed by atoms with Crippen LogP contribution in [-0.2, 0) is 9.53 Å². The average molecular weight is 445 g/mol. The average Bonchev–Trinajstić information content (AvgIpc) is 3.76. The van der Waals surface area contributed by atoms with Gasteiger partial charge >= 0.3 is 0 Å². The van der Waals surface area contributed by atoms with E-state index in [0.29, 0.717) is 37.0 Å². The van der Waals surface area contributed by atoms with E-state index in [9.17, 15) is 10.1 Å². The summed E-state index contributed by atoms with van der Waals surface area (Å²) < 4.78 is 5.10. The summed E-state index contributed by atoms with van der Waals surface area (Å²) in [7, 11) is 1.56. The number of anilines is 1. The Kier molecular flexibility index (Phi) is 5.81. The molecule has 33 heavy (non-hydrogen) atoms. The van der Waals surface area contributed by atoms with Crippen LogP contribution in [0.15, 0.2) is 24.9 Å². The molecule has 2 saturated carbocycles. The zero-order valence-electron chi connectivity index (χ0n) is 18.9. The molecule has 1 aliphatic heterocycles. The number of carbonyl (C=O) groups is 1. The monoisotopic (exact) mass is 444 g/mol. The highest BCUT2D eigenvalue weighted by Crippen LogP contribution is 2.45. The first kappa shape index (κ1) is 21.5. The maximum atomic E-state index is 12.6. The second-order valence-corrected chi connectivity index (χ2v) is 9.13. The first-order chi connectivity index (χ1) is 16.1. The van der Waals surface area contributed by atoms with Crippen molar-refractivity contribution in [1.82, 2.24) is 20.1 Å². The lowest BCUT2D eigenvalue weighted by molar-refractivity contribution is -0.138. The summed E-state index contributed by atoms with van der Waals surface area (Å²) in [5.41, 5.74) is 4.00. The van der Waals surface area contributed by atoms with Crippen LogP contribution in [0.4, 0.5) is 5.82 Å². The minimum absolute atomic E-state index is 0.0391. The van der Waals surface area contributed by atoms with Crippen molar-refractivity contribution in [3.05, 3.63) is 41.7 Å². The van der Waals surface area contributed by atoms with Gasteiger partial charge in [-0.15, -0.1) is 0 Å². The largest absolute Gasteiger partial charge is 0.375 e. The summed E-state index contributed by atoms with van der Waals surface area (Å²) in [5.74, 6) is 1.65. The fourth-order valence-corrected chi connectivity index (χ4v) is 4.74. The summed E-state index contributed by atoms with van der Waals surface area (Å²) in [6, 6.07) is 6.35. The number of pyridine rings is 1. The molecular weight excluding hydrogens is 416 g/mol. The van der Waals surface area contributed by atoms with Crippen LogP contribution in [0.1, 0.15) is 48.4 Å². The Hall–Kier alpha value is -3.31. The number of aromatic nitrogens is 3. The van der Waals surface area contributed by atoms with Crippen LogP contribution in [0.2, 0.25) is 0 Å². The molecular formula is C25H28N6O2. The minimum Gasteiger partial charge on any atom is -0.375 e. The van der Waals surface area contributed by atoms with E-state index in [2.05, 4.69) is 27.7 Å². The normalized spacial score (nSPS) is 20.4. The summed E-state index contributed by atoms with van der Waals surface area (Å²) >= 11 is 0. The Morgan fingerprint density at radius 1 is 1.30 bits per heavy atom. The van der Waals surface area contributed by atoms with Gasteiger partial charge in [-0.25, -0.2) is 4.98 Å². The van der Waals surface area contributed by atoms with Gasteiger partial charge in [0.25, 0.3) is 0 Å². The lowest BCUT2D eigenvalue weighted by Crippen LogP contribution is -2.57. The van der Waals surface area contributed by atoms with Crippen LogP contribution in [0.25, 0.3) is 17.3 Å². The molecule has 0 unspecified atom stereocenters. The number of nitrogens with zero attached hydrogens (tertiary/aromatic N) is 6. The van der Waals surface area contributed by atoms with Gasteiger partial charge in [-0.05, 0) is 49.3 Å². The van der Waals surface area contributed by atoms with Crippen LogP contribution in [0.3, 0.4) is 0 Å². The standard InChI is InChI=1S/C25H28N6O2/c1-3-16-10-21(29-27-13-16)20-11-19(12-26)25(28-24(20)18-6-7-18)30-8-9-31(23(32)15-33-2)22(14-30)17-4-5-17/h3,10-11,13,17-18,22H,1,4-9,14-15H2,2H3/t22-/m0/s1. The first-order valence-corrected chi connectivity index (χ1v) is 11.6. The number of hydrogen-bond donors (Lipinski definition) is 0. The third kappa shape index (κ3) is 4.33. The second-order valence-electron chi connectivity index (χ2n) is 9.13. The molecule has 0 radical (unpaired) electrons. The summed E-state index contributed by atoms with van der Waals surface area (Å²) in [6.07, 6.45) is 7.86. The van der Waals surface area contributed by atoms with Crippen LogP contribution in [0, 0.1) is 17.2 Å². The van der Waals surface area contributed by atoms with Crippen molar-refractivity contribution in [3.63, 3.8) is 0 Å². The highest BCUT2D eigenvalue weighted by Gasteiger charge is 2.41. The van der Waals surface area contributed by atoms with Crippen molar-refractivity contribution in [1.29, 1.82) is 5.26 Å². The van der Waals surface area contributed by atoms with Gasteiger partial charge in [-0.1, -0.05) is 12.7 Å². The van der Waals surface area contributed by atoms with E-state index >= 15 is 0 Å². The van der Waals surface area contributed by atoms with Crippen molar-refractivity contribution in [2.45, 2.75) is 37.6 Å². The van der Waals surface area contributed by atoms with E-state index in [-0.39, 0.29) is 18.6 Å². The van der Waals surface area contributed by atoms with E-state index in [1.807, 2.05) is 17.0 Å². The van der Waals surface area contributed by atoms with Crippen molar-refractivity contribution < 1.29 is 9.53 Å². The van der Waals surface area contributed by atoms with E-state index < -0.39 is 0 Å². The molecule has 3 fully saturated rings. The predicted molar refractivity (Wildman–Crippen MR) is 124 cm³/mol.